The molecule has 0 heterocycles. The third-order valence-electron chi connectivity index (χ3n) is 4.59. The van der Waals surface area contributed by atoms with Crippen LogP contribution in [0.4, 0.5) is 0 Å². The number of thiocarbonyl (C=S) groups is 1. The van der Waals surface area contributed by atoms with Crippen molar-refractivity contribution >= 4 is 29.1 Å². The quantitative estimate of drug-likeness (QED) is 0.321. The predicted octanol–water partition coefficient (Wildman–Crippen LogP) is 3.03. The number of hydrogen-bond acceptors (Lipinski definition) is 6. The summed E-state index contributed by atoms with van der Waals surface area (Å²) in [5.74, 6) is 0.975. The van der Waals surface area contributed by atoms with E-state index in [-0.39, 0.29) is 11.7 Å². The van der Waals surface area contributed by atoms with Crippen LogP contribution in [-0.2, 0) is 11.2 Å². The summed E-state index contributed by atoms with van der Waals surface area (Å²) in [5.41, 5.74) is 6.42. The van der Waals surface area contributed by atoms with Crippen LogP contribution in [0.5, 0.6) is 17.2 Å². The molecule has 176 valence electrons. The summed E-state index contributed by atoms with van der Waals surface area (Å²) in [6.07, 6.45) is 0.792. The maximum absolute atomic E-state index is 12.3. The van der Waals surface area contributed by atoms with Crippen molar-refractivity contribution in [2.75, 3.05) is 20.3 Å². The van der Waals surface area contributed by atoms with Gasteiger partial charge in [0, 0.05) is 12.0 Å². The third kappa shape index (κ3) is 8.10. The molecule has 0 atom stereocenters. The van der Waals surface area contributed by atoms with Crippen molar-refractivity contribution in [2.24, 2.45) is 0 Å². The van der Waals surface area contributed by atoms with E-state index in [1.807, 2.05) is 30.3 Å². The average molecular weight is 480 g/mol. The zero-order valence-electron chi connectivity index (χ0n) is 18.6. The first-order chi connectivity index (χ1) is 16.5. The lowest BCUT2D eigenvalue weighted by Crippen LogP contribution is -2.49. The largest absolute Gasteiger partial charge is 0.497 e. The summed E-state index contributed by atoms with van der Waals surface area (Å²) >= 11 is 5.05. The first-order valence-electron chi connectivity index (χ1n) is 10.5. The van der Waals surface area contributed by atoms with Gasteiger partial charge in [-0.15, -0.1) is 0 Å². The highest BCUT2D eigenvalue weighted by molar-refractivity contribution is 7.80. The smallest absolute Gasteiger partial charge is 0.276 e. The molecule has 0 unspecified atom stereocenters. The van der Waals surface area contributed by atoms with Crippen LogP contribution < -0.4 is 30.4 Å². The van der Waals surface area contributed by atoms with Crippen molar-refractivity contribution < 1.29 is 23.8 Å². The molecule has 0 radical (unpaired) electrons. The molecule has 0 fully saturated rings. The van der Waals surface area contributed by atoms with E-state index in [9.17, 15) is 9.59 Å². The van der Waals surface area contributed by atoms with E-state index < -0.39 is 11.8 Å². The van der Waals surface area contributed by atoms with Gasteiger partial charge in [-0.05, 0) is 66.3 Å². The Balaban J connectivity index is 1.35. The number of hydrogen-bond donors (Lipinski definition) is 3. The topological polar surface area (TPSA) is 97.9 Å². The molecular formula is C25H25N3O5S. The van der Waals surface area contributed by atoms with Gasteiger partial charge in [0.05, 0.1) is 13.7 Å². The fourth-order valence-electron chi connectivity index (χ4n) is 2.82. The first-order valence-corrected chi connectivity index (χ1v) is 10.9. The second kappa shape index (κ2) is 12.8. The van der Waals surface area contributed by atoms with Gasteiger partial charge in [0.2, 0.25) is 0 Å². The van der Waals surface area contributed by atoms with Gasteiger partial charge in [0.15, 0.2) is 11.7 Å². The molecule has 9 heteroatoms. The number of hydrazine groups is 1. The number of carbonyl (C=O) groups excluding carboxylic acids is 2. The number of amides is 2. The molecule has 3 rings (SSSR count). The lowest BCUT2D eigenvalue weighted by Gasteiger charge is -2.12. The number of nitrogens with one attached hydrogen (secondary N) is 3. The van der Waals surface area contributed by atoms with Crippen LogP contribution >= 0.6 is 12.2 Å². The summed E-state index contributed by atoms with van der Waals surface area (Å²) < 4.78 is 16.1. The number of benzene rings is 3. The molecule has 2 amide bonds. The molecule has 0 aliphatic rings. The summed E-state index contributed by atoms with van der Waals surface area (Å²) in [6, 6.07) is 23.6. The van der Waals surface area contributed by atoms with E-state index in [1.165, 1.54) is 5.56 Å². The molecule has 0 aromatic heterocycles. The number of methoxy groups -OCH3 is 1. The van der Waals surface area contributed by atoms with Crippen molar-refractivity contribution in [1.82, 2.24) is 16.2 Å². The molecule has 0 bridgehead atoms. The van der Waals surface area contributed by atoms with Crippen molar-refractivity contribution in [1.29, 1.82) is 0 Å². The van der Waals surface area contributed by atoms with Gasteiger partial charge in [-0.2, -0.15) is 0 Å². The van der Waals surface area contributed by atoms with Gasteiger partial charge < -0.3 is 14.2 Å². The Bertz CT molecular complexity index is 1090. The molecule has 34 heavy (non-hydrogen) atoms. The molecule has 0 spiro atoms. The summed E-state index contributed by atoms with van der Waals surface area (Å²) in [7, 11) is 1.56. The first kappa shape index (κ1) is 24.5. The van der Waals surface area contributed by atoms with Crippen molar-refractivity contribution in [3.63, 3.8) is 0 Å². The van der Waals surface area contributed by atoms with E-state index >= 15 is 0 Å². The molecule has 3 aromatic rings. The molecule has 0 aliphatic heterocycles. The lowest BCUT2D eigenvalue weighted by atomic mass is 10.2. The standard InChI is InChI=1S/C25H25N3O5S/c1-31-20-11-13-22(14-12-20)33-17-23(29)27-28-25(34)26-24(30)19-7-9-21(10-8-19)32-16-15-18-5-3-2-4-6-18/h2-14H,15-17H2,1H3,(H,27,29)(H2,26,28,30,34). The molecule has 8 nitrogen and oxygen atoms in total. The summed E-state index contributed by atoms with van der Waals surface area (Å²) in [4.78, 5) is 24.3. The van der Waals surface area contributed by atoms with Crippen molar-refractivity contribution in [3.8, 4) is 17.2 Å². The van der Waals surface area contributed by atoms with Gasteiger partial charge in [-0.1, -0.05) is 30.3 Å². The number of carbonyl (C=O) groups is 2. The van der Waals surface area contributed by atoms with Gasteiger partial charge in [0.1, 0.15) is 17.2 Å². The fourth-order valence-corrected chi connectivity index (χ4v) is 2.97. The Hall–Kier alpha value is -4.11. The number of rotatable bonds is 9. The van der Waals surface area contributed by atoms with Crippen LogP contribution in [0.15, 0.2) is 78.9 Å². The SMILES string of the molecule is COc1ccc(OCC(=O)NNC(=S)NC(=O)c2ccc(OCCc3ccccc3)cc2)cc1. The Morgan fingerprint density at radius 3 is 2.09 bits per heavy atom. The normalized spacial score (nSPS) is 10.0. The minimum Gasteiger partial charge on any atom is -0.497 e. The highest BCUT2D eigenvalue weighted by Crippen LogP contribution is 2.16. The number of ether oxygens (including phenoxy) is 3. The zero-order valence-corrected chi connectivity index (χ0v) is 19.4. The van der Waals surface area contributed by atoms with Crippen LogP contribution in [0.25, 0.3) is 0 Å². The lowest BCUT2D eigenvalue weighted by molar-refractivity contribution is -0.123. The average Bonchev–Trinajstić information content (AvgIpc) is 2.87. The van der Waals surface area contributed by atoms with Gasteiger partial charge in [-0.3, -0.25) is 25.8 Å². The van der Waals surface area contributed by atoms with E-state index in [4.69, 9.17) is 26.4 Å². The van der Waals surface area contributed by atoms with Crippen LogP contribution in [0.3, 0.4) is 0 Å². The molecule has 0 saturated carbocycles. The Kier molecular flexibility index (Phi) is 9.24. The third-order valence-corrected chi connectivity index (χ3v) is 4.79. The van der Waals surface area contributed by atoms with Crippen LogP contribution in [0, 0.1) is 0 Å². The van der Waals surface area contributed by atoms with Gasteiger partial charge in [0.25, 0.3) is 11.8 Å². The fraction of sp³-hybridized carbons (Fsp3) is 0.160. The van der Waals surface area contributed by atoms with Crippen LogP contribution in [0.2, 0.25) is 0 Å². The monoisotopic (exact) mass is 479 g/mol. The highest BCUT2D eigenvalue weighted by Gasteiger charge is 2.09. The van der Waals surface area contributed by atoms with Crippen molar-refractivity contribution in [3.05, 3.63) is 90.0 Å². The molecular weight excluding hydrogens is 454 g/mol. The Labute approximate surface area is 203 Å². The van der Waals surface area contributed by atoms with Crippen molar-refractivity contribution in [2.45, 2.75) is 6.42 Å². The van der Waals surface area contributed by atoms with Crippen LogP contribution in [-0.4, -0.2) is 37.3 Å². The molecule has 3 aromatic carbocycles. The van der Waals surface area contributed by atoms with E-state index in [0.29, 0.717) is 29.4 Å². The Morgan fingerprint density at radius 2 is 1.41 bits per heavy atom. The van der Waals surface area contributed by atoms with Gasteiger partial charge in [-0.25, -0.2) is 0 Å². The minimum atomic E-state index is -0.468. The van der Waals surface area contributed by atoms with Crippen LogP contribution in [0.1, 0.15) is 15.9 Å². The van der Waals surface area contributed by atoms with E-state index in [1.54, 1.807) is 55.6 Å². The Morgan fingerprint density at radius 1 is 0.794 bits per heavy atom. The molecule has 0 saturated heterocycles. The maximum Gasteiger partial charge on any atom is 0.276 e. The molecule has 0 aliphatic carbocycles. The highest BCUT2D eigenvalue weighted by atomic mass is 32.1. The summed E-state index contributed by atoms with van der Waals surface area (Å²) in [6.45, 7) is 0.299. The molecule has 3 N–H and O–H groups in total. The predicted molar refractivity (Wildman–Crippen MR) is 132 cm³/mol. The van der Waals surface area contributed by atoms with E-state index in [0.717, 1.165) is 6.42 Å². The zero-order chi connectivity index (χ0) is 24.2. The van der Waals surface area contributed by atoms with Gasteiger partial charge >= 0.3 is 0 Å². The second-order valence-corrected chi connectivity index (χ2v) is 7.44. The second-order valence-electron chi connectivity index (χ2n) is 7.03. The van der Waals surface area contributed by atoms with E-state index in [2.05, 4.69) is 16.2 Å². The maximum atomic E-state index is 12.3. The minimum absolute atomic E-state index is 0.0500. The summed E-state index contributed by atoms with van der Waals surface area (Å²) in [5, 5.41) is 2.44.